The number of H-pyrrole nitrogens is 2. The number of carbonyl (C=O) groups is 2. The molecule has 0 radical (unpaired) electrons. The fraction of sp³-hybridized carbons (Fsp3) is 0.231. The van der Waals surface area contributed by atoms with Gasteiger partial charge in [-0.3, -0.25) is 14.5 Å². The van der Waals surface area contributed by atoms with Gasteiger partial charge in [0, 0.05) is 52.9 Å². The van der Waals surface area contributed by atoms with Crippen LogP contribution < -0.4 is 10.1 Å². The molecule has 1 fully saturated rings. The van der Waals surface area contributed by atoms with Crippen LogP contribution in [0.15, 0.2) is 61.1 Å². The van der Waals surface area contributed by atoms with Crippen LogP contribution in [0.5, 0.6) is 5.75 Å². The van der Waals surface area contributed by atoms with Crippen molar-refractivity contribution >= 4 is 28.3 Å². The summed E-state index contributed by atoms with van der Waals surface area (Å²) in [5, 5.41) is 14.5. The van der Waals surface area contributed by atoms with Crippen molar-refractivity contribution in [1.82, 2.24) is 19.9 Å². The predicted molar refractivity (Wildman–Crippen MR) is 128 cm³/mol. The van der Waals surface area contributed by atoms with Gasteiger partial charge < -0.3 is 20.0 Å². The number of likely N-dealkylation sites (tertiary alicyclic amines) is 1. The zero-order valence-corrected chi connectivity index (χ0v) is 19.1. The Morgan fingerprint density at radius 3 is 2.83 bits per heavy atom. The number of carbonyl (C=O) groups excluding carboxylic acids is 2. The van der Waals surface area contributed by atoms with Gasteiger partial charge >= 0.3 is 0 Å². The number of nitrogens with one attached hydrogen (secondary N) is 3. The SMILES string of the molecule is COc1ccc2[nH]cc(C(=O)C3(C#N)C(c4ncc[nH]4)CN(C)C34C(=O)Nc3ccccc34)c2c1. The van der Waals surface area contributed by atoms with E-state index in [0.717, 1.165) is 5.52 Å². The quantitative estimate of drug-likeness (QED) is 0.397. The molecule has 4 aromatic rings. The smallest absolute Gasteiger partial charge is 0.251 e. The number of Topliss-reactive ketones (excluding diaryl/α,β-unsaturated/α-hetero) is 1. The van der Waals surface area contributed by atoms with Crippen LogP contribution in [-0.2, 0) is 10.3 Å². The van der Waals surface area contributed by atoms with E-state index >= 15 is 0 Å². The van der Waals surface area contributed by atoms with Gasteiger partial charge in [0.1, 0.15) is 11.6 Å². The Balaban J connectivity index is 1.67. The third-order valence-corrected chi connectivity index (χ3v) is 7.53. The molecular weight excluding hydrogens is 444 g/mol. The summed E-state index contributed by atoms with van der Waals surface area (Å²) in [6, 6.07) is 15.0. The molecule has 4 heterocycles. The fourth-order valence-electron chi connectivity index (χ4n) is 6.03. The Labute approximate surface area is 200 Å². The van der Waals surface area contributed by atoms with Crippen LogP contribution in [0.1, 0.15) is 27.7 Å². The van der Waals surface area contributed by atoms with E-state index in [1.54, 1.807) is 50.9 Å². The van der Waals surface area contributed by atoms with Crippen LogP contribution in [0.2, 0.25) is 0 Å². The number of hydrogen-bond donors (Lipinski definition) is 3. The zero-order valence-electron chi connectivity index (χ0n) is 19.1. The number of ether oxygens (including phenoxy) is 1. The maximum Gasteiger partial charge on any atom is 0.251 e. The van der Waals surface area contributed by atoms with Gasteiger partial charge in [-0.15, -0.1) is 0 Å². The summed E-state index contributed by atoms with van der Waals surface area (Å²) in [7, 11) is 3.34. The lowest BCUT2D eigenvalue weighted by Gasteiger charge is -2.40. The maximum absolute atomic E-state index is 14.7. The van der Waals surface area contributed by atoms with Crippen LogP contribution >= 0.6 is 0 Å². The first-order valence-electron chi connectivity index (χ1n) is 11.2. The number of nitriles is 1. The van der Waals surface area contributed by atoms with Gasteiger partial charge in [0.2, 0.25) is 0 Å². The van der Waals surface area contributed by atoms with Crippen molar-refractivity contribution in [2.75, 3.05) is 26.0 Å². The topological polar surface area (TPSA) is 127 Å². The first-order chi connectivity index (χ1) is 17.0. The highest BCUT2D eigenvalue weighted by Gasteiger charge is 2.75. The number of para-hydroxylation sites is 1. The van der Waals surface area contributed by atoms with Gasteiger partial charge in [0.15, 0.2) is 16.7 Å². The van der Waals surface area contributed by atoms with Gasteiger partial charge in [-0.1, -0.05) is 18.2 Å². The molecule has 3 unspecified atom stereocenters. The molecule has 2 aliphatic rings. The van der Waals surface area contributed by atoms with E-state index in [1.165, 1.54) is 0 Å². The first-order valence-corrected chi connectivity index (χ1v) is 11.2. The number of nitrogens with zero attached hydrogens (tertiary/aromatic N) is 3. The largest absolute Gasteiger partial charge is 0.497 e. The standard InChI is InChI=1S/C26H22N6O3/c1-32-13-19(23-28-9-10-29-23)25(14-27,26(32)18-5-3-4-6-21(18)31-24(26)34)22(33)17-12-30-20-8-7-15(35-2)11-16(17)20/h3-12,19,30H,13H2,1-2H3,(H,28,29)(H,31,34). The minimum atomic E-state index is -1.81. The van der Waals surface area contributed by atoms with E-state index < -0.39 is 28.6 Å². The second-order valence-electron chi connectivity index (χ2n) is 8.98. The molecule has 3 atom stereocenters. The van der Waals surface area contributed by atoms with E-state index in [1.807, 2.05) is 29.2 Å². The molecule has 35 heavy (non-hydrogen) atoms. The number of fused-ring (bicyclic) bond motifs is 3. The van der Waals surface area contributed by atoms with Crippen molar-refractivity contribution < 1.29 is 14.3 Å². The third-order valence-electron chi connectivity index (χ3n) is 7.53. The molecule has 1 amide bonds. The summed E-state index contributed by atoms with van der Waals surface area (Å²) in [6.07, 6.45) is 4.85. The van der Waals surface area contributed by atoms with Crippen molar-refractivity contribution in [3.05, 3.63) is 78.0 Å². The molecule has 9 heteroatoms. The van der Waals surface area contributed by atoms with Crippen LogP contribution in [-0.4, -0.2) is 52.2 Å². The van der Waals surface area contributed by atoms with E-state index in [9.17, 15) is 14.9 Å². The summed E-state index contributed by atoms with van der Waals surface area (Å²) >= 11 is 0. The van der Waals surface area contributed by atoms with E-state index in [-0.39, 0.29) is 6.54 Å². The first kappa shape index (κ1) is 21.1. The number of likely N-dealkylation sites (N-methyl/N-ethyl adjacent to an activating group) is 1. The monoisotopic (exact) mass is 466 g/mol. The van der Waals surface area contributed by atoms with E-state index in [0.29, 0.717) is 33.8 Å². The van der Waals surface area contributed by atoms with E-state index in [4.69, 9.17) is 4.74 Å². The Kier molecular flexibility index (Phi) is 4.40. The van der Waals surface area contributed by atoms with Crippen molar-refractivity contribution in [2.24, 2.45) is 5.41 Å². The lowest BCUT2D eigenvalue weighted by Crippen LogP contribution is -2.58. The minimum Gasteiger partial charge on any atom is -0.497 e. The summed E-state index contributed by atoms with van der Waals surface area (Å²) < 4.78 is 5.38. The molecule has 1 spiro atoms. The number of benzene rings is 2. The predicted octanol–water partition coefficient (Wildman–Crippen LogP) is 3.17. The Bertz CT molecular complexity index is 1530. The highest BCUT2D eigenvalue weighted by Crippen LogP contribution is 2.62. The number of hydrogen-bond acceptors (Lipinski definition) is 6. The normalized spacial score (nSPS) is 25.5. The Hall–Kier alpha value is -4.42. The number of imidazole rings is 1. The zero-order chi connectivity index (χ0) is 24.4. The molecule has 6 rings (SSSR count). The summed E-state index contributed by atoms with van der Waals surface area (Å²) in [5.74, 6) is -0.465. The number of amides is 1. The molecule has 0 saturated carbocycles. The molecule has 0 bridgehead atoms. The number of methoxy groups -OCH3 is 1. The van der Waals surface area contributed by atoms with Crippen LogP contribution in [0.4, 0.5) is 5.69 Å². The van der Waals surface area contributed by atoms with Gasteiger partial charge in [-0.05, 0) is 31.3 Å². The highest BCUT2D eigenvalue weighted by atomic mass is 16.5. The molecule has 9 nitrogen and oxygen atoms in total. The van der Waals surface area contributed by atoms with Crippen LogP contribution in [0.25, 0.3) is 10.9 Å². The molecular formula is C26H22N6O3. The van der Waals surface area contributed by atoms with Crippen LogP contribution in [0.3, 0.4) is 0 Å². The summed E-state index contributed by atoms with van der Waals surface area (Å²) in [5.41, 5.74) is -1.10. The van der Waals surface area contributed by atoms with Gasteiger partial charge in [0.25, 0.3) is 5.91 Å². The molecule has 0 aliphatic carbocycles. The number of ketones is 1. The molecule has 2 aliphatic heterocycles. The molecule has 1 saturated heterocycles. The lowest BCUT2D eigenvalue weighted by molar-refractivity contribution is -0.128. The molecule has 2 aromatic carbocycles. The molecule has 174 valence electrons. The van der Waals surface area contributed by atoms with Crippen molar-refractivity contribution in [3.8, 4) is 11.8 Å². The number of aromatic nitrogens is 3. The Morgan fingerprint density at radius 2 is 2.09 bits per heavy atom. The average Bonchev–Trinajstić information content (AvgIpc) is 3.64. The number of rotatable bonds is 4. The van der Waals surface area contributed by atoms with Crippen molar-refractivity contribution in [2.45, 2.75) is 11.5 Å². The van der Waals surface area contributed by atoms with Crippen LogP contribution in [0, 0.1) is 16.7 Å². The number of aromatic amines is 2. The van der Waals surface area contributed by atoms with Gasteiger partial charge in [0.05, 0.1) is 19.1 Å². The number of anilines is 1. The summed E-state index contributed by atoms with van der Waals surface area (Å²) in [4.78, 5) is 41.0. The summed E-state index contributed by atoms with van der Waals surface area (Å²) in [6.45, 7) is 0.278. The fourth-order valence-corrected chi connectivity index (χ4v) is 6.03. The minimum absolute atomic E-state index is 0.278. The molecule has 2 aromatic heterocycles. The highest BCUT2D eigenvalue weighted by molar-refractivity contribution is 6.19. The second kappa shape index (κ2) is 7.29. The van der Waals surface area contributed by atoms with Gasteiger partial charge in [-0.25, -0.2) is 4.98 Å². The maximum atomic E-state index is 14.7. The van der Waals surface area contributed by atoms with E-state index in [2.05, 4.69) is 26.3 Å². The van der Waals surface area contributed by atoms with Crippen molar-refractivity contribution in [1.29, 1.82) is 5.26 Å². The van der Waals surface area contributed by atoms with Gasteiger partial charge in [-0.2, -0.15) is 5.26 Å². The molecule has 3 N–H and O–H groups in total. The third kappa shape index (κ3) is 2.46. The average molecular weight is 467 g/mol. The Morgan fingerprint density at radius 1 is 1.26 bits per heavy atom. The van der Waals surface area contributed by atoms with Crippen molar-refractivity contribution in [3.63, 3.8) is 0 Å². The second-order valence-corrected chi connectivity index (χ2v) is 8.98. The lowest BCUT2D eigenvalue weighted by atomic mass is 9.59.